The number of pyridine rings is 1. The van der Waals surface area contributed by atoms with Gasteiger partial charge in [0.2, 0.25) is 0 Å². The summed E-state index contributed by atoms with van der Waals surface area (Å²) in [5.74, 6) is -0.924. The standard InChI is InChI=1S/C43H49Cl2FN6O5/c1-41(2,56)25-47-21-27-22-48-32(20-35(27)57-4)30(46)19-26-7-5-8-28(36(26)44)29-9-6-10-31(37(29)45)50-39(53)38-49-33-23-52(17-11-34(33)51(38)3)18-16-42-12-14-43(24-42,15-13-42)40(54)55/h5-10,19-20,22,47,56H,11-18,21,23-25H2,1-4H3,(H,50,53)(H,54,55)/b30-19-. The summed E-state index contributed by atoms with van der Waals surface area (Å²) in [7, 11) is 3.35. The van der Waals surface area contributed by atoms with Crippen LogP contribution in [0.2, 0.25) is 10.0 Å². The summed E-state index contributed by atoms with van der Waals surface area (Å²) in [6.45, 7) is 6.49. The molecule has 1 aliphatic heterocycles. The minimum absolute atomic E-state index is 0.0667. The average Bonchev–Trinajstić information content (AvgIpc) is 3.86. The summed E-state index contributed by atoms with van der Waals surface area (Å²) in [6, 6.07) is 12.0. The maximum absolute atomic E-state index is 15.7. The molecule has 2 saturated carbocycles. The zero-order valence-electron chi connectivity index (χ0n) is 32.7. The number of imidazole rings is 1. The number of aliphatic hydroxyl groups is 1. The fraction of sp³-hybridized carbons (Fsp3) is 0.442. The molecule has 7 rings (SSSR count). The summed E-state index contributed by atoms with van der Waals surface area (Å²) in [5, 5.41) is 26.4. The van der Waals surface area contributed by atoms with Crippen molar-refractivity contribution in [1.29, 1.82) is 0 Å². The van der Waals surface area contributed by atoms with E-state index >= 15 is 4.39 Å². The lowest BCUT2D eigenvalue weighted by atomic mass is 9.80. The molecule has 3 aliphatic rings. The van der Waals surface area contributed by atoms with E-state index in [1.807, 2.05) is 11.6 Å². The summed E-state index contributed by atoms with van der Waals surface area (Å²) >= 11 is 13.8. The van der Waals surface area contributed by atoms with Crippen LogP contribution in [0.1, 0.15) is 91.2 Å². The van der Waals surface area contributed by atoms with Crippen molar-refractivity contribution >= 4 is 52.7 Å². The predicted octanol–water partition coefficient (Wildman–Crippen LogP) is 8.16. The van der Waals surface area contributed by atoms with Gasteiger partial charge >= 0.3 is 5.97 Å². The first-order chi connectivity index (χ1) is 27.1. The van der Waals surface area contributed by atoms with Gasteiger partial charge in [-0.15, -0.1) is 0 Å². The number of nitrogens with one attached hydrogen (secondary N) is 2. The number of benzene rings is 2. The lowest BCUT2D eigenvalue weighted by Gasteiger charge is -2.32. The number of fused-ring (bicyclic) bond motifs is 3. The zero-order valence-corrected chi connectivity index (χ0v) is 34.2. The van der Waals surface area contributed by atoms with Crippen LogP contribution in [0.25, 0.3) is 23.0 Å². The van der Waals surface area contributed by atoms with Crippen LogP contribution in [-0.4, -0.2) is 73.9 Å². The highest BCUT2D eigenvalue weighted by Crippen LogP contribution is 2.63. The van der Waals surface area contributed by atoms with Crippen molar-refractivity contribution in [2.75, 3.05) is 32.1 Å². The smallest absolute Gasteiger partial charge is 0.309 e. The van der Waals surface area contributed by atoms with Gasteiger partial charge in [-0.3, -0.25) is 19.5 Å². The number of aromatic nitrogens is 3. The second-order valence-corrected chi connectivity index (χ2v) is 17.3. The molecule has 0 spiro atoms. The monoisotopic (exact) mass is 818 g/mol. The van der Waals surface area contributed by atoms with Gasteiger partial charge < -0.3 is 30.2 Å². The minimum atomic E-state index is -0.889. The molecule has 0 radical (unpaired) electrons. The first-order valence-electron chi connectivity index (χ1n) is 19.3. The first-order valence-corrected chi connectivity index (χ1v) is 20.1. The molecule has 2 aromatic carbocycles. The van der Waals surface area contributed by atoms with E-state index < -0.39 is 28.7 Å². The first kappa shape index (κ1) is 40.9. The van der Waals surface area contributed by atoms with Crippen LogP contribution < -0.4 is 15.4 Å². The van der Waals surface area contributed by atoms with E-state index in [4.69, 9.17) is 32.9 Å². The van der Waals surface area contributed by atoms with Crippen LogP contribution >= 0.6 is 23.2 Å². The van der Waals surface area contributed by atoms with Crippen molar-refractivity contribution in [2.24, 2.45) is 17.9 Å². The van der Waals surface area contributed by atoms with Crippen molar-refractivity contribution < 1.29 is 28.9 Å². The van der Waals surface area contributed by atoms with Gasteiger partial charge in [0.15, 0.2) is 5.82 Å². The molecular formula is C43H49Cl2FN6O5. The Balaban J connectivity index is 1.03. The third kappa shape index (κ3) is 8.47. The Morgan fingerprint density at radius 1 is 1.09 bits per heavy atom. The second-order valence-electron chi connectivity index (χ2n) is 16.5. The van der Waals surface area contributed by atoms with Gasteiger partial charge in [-0.1, -0.05) is 53.5 Å². The van der Waals surface area contributed by atoms with Gasteiger partial charge in [0.05, 0.1) is 39.6 Å². The highest BCUT2D eigenvalue weighted by Gasteiger charge is 2.57. The SMILES string of the molecule is COc1cc(/C(F)=C/c2cccc(-c3cccc(NC(=O)c4nc5c(n4C)CCN(CCC46CCC(C(=O)O)(CC4)C6)C5)c3Cl)c2Cl)ncc1CNCC(C)(C)O. The molecule has 2 aliphatic carbocycles. The number of nitrogens with zero attached hydrogens (tertiary/aromatic N) is 4. The second kappa shape index (κ2) is 16.1. The van der Waals surface area contributed by atoms with E-state index in [0.29, 0.717) is 53.3 Å². The number of amides is 1. The van der Waals surface area contributed by atoms with Gasteiger partial charge in [-0.2, -0.15) is 0 Å². The molecule has 302 valence electrons. The van der Waals surface area contributed by atoms with Crippen LogP contribution in [0.3, 0.4) is 0 Å². The van der Waals surface area contributed by atoms with Gasteiger partial charge in [0.1, 0.15) is 17.3 Å². The molecule has 11 nitrogen and oxygen atoms in total. The number of rotatable bonds is 14. The van der Waals surface area contributed by atoms with Crippen LogP contribution in [0.5, 0.6) is 5.75 Å². The molecular weight excluding hydrogens is 770 g/mol. The topological polar surface area (TPSA) is 142 Å². The number of carbonyl (C=O) groups excluding carboxylic acids is 1. The van der Waals surface area contributed by atoms with Crippen molar-refractivity contribution in [3.8, 4) is 16.9 Å². The van der Waals surface area contributed by atoms with Crippen LogP contribution in [0.4, 0.5) is 10.1 Å². The predicted molar refractivity (Wildman–Crippen MR) is 220 cm³/mol. The molecule has 0 saturated heterocycles. The van der Waals surface area contributed by atoms with E-state index in [0.717, 1.165) is 69.4 Å². The molecule has 0 unspecified atom stereocenters. The summed E-state index contributed by atoms with van der Waals surface area (Å²) < 4.78 is 23.0. The number of carboxylic acids is 1. The number of halogens is 3. The van der Waals surface area contributed by atoms with E-state index in [9.17, 15) is 19.8 Å². The summed E-state index contributed by atoms with van der Waals surface area (Å²) in [5.41, 5.74) is 3.27. The Labute approximate surface area is 342 Å². The third-order valence-corrected chi connectivity index (χ3v) is 12.9. The van der Waals surface area contributed by atoms with Crippen molar-refractivity contribution in [2.45, 2.75) is 77.5 Å². The van der Waals surface area contributed by atoms with Crippen LogP contribution in [0, 0.1) is 10.8 Å². The van der Waals surface area contributed by atoms with Crippen molar-refractivity contribution in [1.82, 2.24) is 24.8 Å². The van der Waals surface area contributed by atoms with Gasteiger partial charge in [-0.05, 0) is 82.0 Å². The lowest BCUT2D eigenvalue weighted by molar-refractivity contribution is -0.148. The largest absolute Gasteiger partial charge is 0.496 e. The van der Waals surface area contributed by atoms with E-state index in [2.05, 4.69) is 20.5 Å². The number of ether oxygens (including phenoxy) is 1. The van der Waals surface area contributed by atoms with Crippen molar-refractivity contribution in [3.63, 3.8) is 0 Å². The fourth-order valence-corrected chi connectivity index (χ4v) is 9.40. The summed E-state index contributed by atoms with van der Waals surface area (Å²) in [4.78, 5) is 37.1. The van der Waals surface area contributed by atoms with E-state index in [1.165, 1.54) is 25.4 Å². The number of anilines is 1. The minimum Gasteiger partial charge on any atom is -0.496 e. The molecule has 4 aromatic rings. The Kier molecular flexibility index (Phi) is 11.6. The Hall–Kier alpha value is -4.33. The number of carbonyl (C=O) groups is 2. The van der Waals surface area contributed by atoms with Crippen molar-refractivity contribution in [3.05, 3.63) is 92.7 Å². The zero-order chi connectivity index (χ0) is 40.7. The Bertz CT molecular complexity index is 2230. The molecule has 1 amide bonds. The Morgan fingerprint density at radius 3 is 2.49 bits per heavy atom. The molecule has 3 heterocycles. The van der Waals surface area contributed by atoms with Crippen LogP contribution in [-0.2, 0) is 31.4 Å². The maximum atomic E-state index is 15.7. The number of hydrogen-bond donors (Lipinski definition) is 4. The van der Waals surface area contributed by atoms with Gasteiger partial charge in [0, 0.05) is 74.3 Å². The molecule has 2 fully saturated rings. The summed E-state index contributed by atoms with van der Waals surface area (Å²) in [6.07, 6.45) is 8.89. The normalized spacial score (nSPS) is 20.8. The number of aliphatic carboxylic acids is 1. The van der Waals surface area contributed by atoms with E-state index in [-0.39, 0.29) is 27.0 Å². The van der Waals surface area contributed by atoms with Gasteiger partial charge in [0.25, 0.3) is 5.91 Å². The lowest BCUT2D eigenvalue weighted by Crippen LogP contribution is -2.34. The molecule has 4 N–H and O–H groups in total. The number of methoxy groups -OCH3 is 1. The quantitative estimate of drug-likeness (QED) is 0.0992. The molecule has 2 aromatic heterocycles. The number of carboxylic acid groups (broad SMARTS) is 1. The molecule has 14 heteroatoms. The number of hydrogen-bond acceptors (Lipinski definition) is 8. The molecule has 2 bridgehead atoms. The van der Waals surface area contributed by atoms with Crippen LogP contribution in [0.15, 0.2) is 48.7 Å². The average molecular weight is 820 g/mol. The fourth-order valence-electron chi connectivity index (χ4n) is 8.85. The van der Waals surface area contributed by atoms with E-state index in [1.54, 1.807) is 50.2 Å². The van der Waals surface area contributed by atoms with Gasteiger partial charge in [-0.25, -0.2) is 9.37 Å². The highest BCUT2D eigenvalue weighted by molar-refractivity contribution is 6.39. The molecule has 57 heavy (non-hydrogen) atoms. The Morgan fingerprint density at radius 2 is 1.81 bits per heavy atom. The third-order valence-electron chi connectivity index (χ3n) is 12.1. The maximum Gasteiger partial charge on any atom is 0.309 e. The molecule has 0 atom stereocenters. The highest BCUT2D eigenvalue weighted by atomic mass is 35.5.